The van der Waals surface area contributed by atoms with Gasteiger partial charge in [-0.25, -0.2) is 13.1 Å². The summed E-state index contributed by atoms with van der Waals surface area (Å²) in [4.78, 5) is 0.320. The molecule has 110 valence electrons. The summed E-state index contributed by atoms with van der Waals surface area (Å²) in [6, 6.07) is 14.8. The highest BCUT2D eigenvalue weighted by atomic mass is 127. The number of fused-ring (bicyclic) bond motifs is 1. The smallest absolute Gasteiger partial charge is 0.207 e. The van der Waals surface area contributed by atoms with E-state index >= 15 is 0 Å². The Hall–Kier alpha value is -0.920. The van der Waals surface area contributed by atoms with E-state index in [1.54, 1.807) is 12.1 Å². The molecule has 2 aromatic carbocycles. The van der Waals surface area contributed by atoms with Crippen LogP contribution < -0.4 is 4.72 Å². The molecule has 5 heteroatoms. The Kier molecular flexibility index (Phi) is 4.07. The molecule has 0 amide bonds. The molecule has 1 aliphatic rings. The molecule has 2 aromatic rings. The number of nitrogens with one attached hydrogen (secondary N) is 1. The summed E-state index contributed by atoms with van der Waals surface area (Å²) in [5.41, 5.74) is 3.37. The average molecular weight is 413 g/mol. The average Bonchev–Trinajstić information content (AvgIpc) is 2.75. The topological polar surface area (TPSA) is 46.2 Å². The summed E-state index contributed by atoms with van der Waals surface area (Å²) in [6.45, 7) is 1.94. The molecule has 0 saturated carbocycles. The Balaban J connectivity index is 1.91. The molecule has 0 unspecified atom stereocenters. The van der Waals surface area contributed by atoms with Crippen LogP contribution in [0.5, 0.6) is 0 Å². The van der Waals surface area contributed by atoms with Gasteiger partial charge in [0.25, 0.3) is 0 Å². The maximum Gasteiger partial charge on any atom is 0.241 e. The fraction of sp³-hybridized carbons (Fsp3) is 0.250. The van der Waals surface area contributed by atoms with Crippen LogP contribution in [0, 0.1) is 6.92 Å². The van der Waals surface area contributed by atoms with Crippen molar-refractivity contribution in [3.8, 4) is 0 Å². The van der Waals surface area contributed by atoms with Crippen molar-refractivity contribution in [1.29, 1.82) is 0 Å². The van der Waals surface area contributed by atoms with Crippen molar-refractivity contribution in [3.63, 3.8) is 0 Å². The third-order valence-corrected chi connectivity index (χ3v) is 6.40. The highest BCUT2D eigenvalue weighted by Gasteiger charge is 2.33. The van der Waals surface area contributed by atoms with E-state index < -0.39 is 10.0 Å². The number of alkyl halides is 1. The van der Waals surface area contributed by atoms with Gasteiger partial charge in [-0.05, 0) is 36.6 Å². The summed E-state index contributed by atoms with van der Waals surface area (Å²) in [5, 5.41) is 0. The molecule has 0 spiro atoms. The summed E-state index contributed by atoms with van der Waals surface area (Å²) in [6.07, 6.45) is 0.901. The Morgan fingerprint density at radius 1 is 1.10 bits per heavy atom. The molecule has 0 radical (unpaired) electrons. The van der Waals surface area contributed by atoms with Crippen molar-refractivity contribution >= 4 is 32.6 Å². The van der Waals surface area contributed by atoms with E-state index in [2.05, 4.69) is 33.4 Å². The lowest BCUT2D eigenvalue weighted by atomic mass is 10.1. The van der Waals surface area contributed by atoms with Gasteiger partial charge in [-0.3, -0.25) is 0 Å². The Morgan fingerprint density at radius 3 is 2.48 bits per heavy atom. The van der Waals surface area contributed by atoms with Gasteiger partial charge in [0.2, 0.25) is 10.0 Å². The highest BCUT2D eigenvalue weighted by Crippen LogP contribution is 2.37. The van der Waals surface area contributed by atoms with Gasteiger partial charge in [0.05, 0.1) is 10.9 Å². The van der Waals surface area contributed by atoms with E-state index in [4.69, 9.17) is 0 Å². The van der Waals surface area contributed by atoms with Crippen molar-refractivity contribution in [2.24, 2.45) is 0 Å². The van der Waals surface area contributed by atoms with E-state index in [9.17, 15) is 8.42 Å². The Morgan fingerprint density at radius 2 is 1.76 bits per heavy atom. The number of hydrogen-bond acceptors (Lipinski definition) is 2. The molecule has 0 aliphatic heterocycles. The largest absolute Gasteiger partial charge is 0.241 e. The number of halogens is 1. The van der Waals surface area contributed by atoms with Crippen LogP contribution in [0.3, 0.4) is 0 Å². The van der Waals surface area contributed by atoms with Gasteiger partial charge in [0.1, 0.15) is 0 Å². The van der Waals surface area contributed by atoms with Gasteiger partial charge < -0.3 is 0 Å². The van der Waals surface area contributed by atoms with Crippen LogP contribution >= 0.6 is 22.6 Å². The minimum atomic E-state index is -3.49. The van der Waals surface area contributed by atoms with Crippen molar-refractivity contribution < 1.29 is 8.42 Å². The zero-order valence-electron chi connectivity index (χ0n) is 11.6. The normalized spacial score (nSPS) is 21.2. The fourth-order valence-electron chi connectivity index (χ4n) is 2.64. The molecular formula is C16H16INO2S. The number of sulfonamides is 1. The predicted molar refractivity (Wildman–Crippen MR) is 92.2 cm³/mol. The maximum atomic E-state index is 12.5. The third-order valence-electron chi connectivity index (χ3n) is 3.78. The second kappa shape index (κ2) is 5.70. The van der Waals surface area contributed by atoms with Crippen molar-refractivity contribution in [2.75, 3.05) is 0 Å². The van der Waals surface area contributed by atoms with E-state index in [0.717, 1.165) is 17.5 Å². The quantitative estimate of drug-likeness (QED) is 0.620. The molecule has 3 nitrogen and oxygen atoms in total. The SMILES string of the molecule is Cc1ccc(S(=O)(=O)N[C@@H]2c3ccccc3C[C@H]2I)cc1. The van der Waals surface area contributed by atoms with E-state index in [1.165, 1.54) is 5.56 Å². The number of aryl methyl sites for hydroxylation is 1. The lowest BCUT2D eigenvalue weighted by Crippen LogP contribution is -2.31. The second-order valence-corrected chi connectivity index (χ2v) is 8.64. The lowest BCUT2D eigenvalue weighted by molar-refractivity contribution is 0.561. The van der Waals surface area contributed by atoms with Crippen molar-refractivity contribution in [1.82, 2.24) is 4.72 Å². The molecule has 0 bridgehead atoms. The standard InChI is InChI=1S/C16H16INO2S/c1-11-6-8-13(9-7-11)21(19,20)18-16-14-5-3-2-4-12(14)10-15(16)17/h2-9,15-16,18H,10H2,1H3/t15-,16-/m1/s1. The van der Waals surface area contributed by atoms with Crippen LogP contribution in [0.15, 0.2) is 53.4 Å². The van der Waals surface area contributed by atoms with Crippen LogP contribution in [-0.4, -0.2) is 12.3 Å². The molecule has 0 saturated heterocycles. The summed E-state index contributed by atoms with van der Waals surface area (Å²) in [7, 11) is -3.49. The van der Waals surface area contributed by atoms with E-state index in [0.29, 0.717) is 4.90 Å². The monoisotopic (exact) mass is 413 g/mol. The maximum absolute atomic E-state index is 12.5. The van der Waals surface area contributed by atoms with Crippen LogP contribution in [0.25, 0.3) is 0 Å². The molecule has 0 heterocycles. The van der Waals surface area contributed by atoms with E-state index in [1.807, 2.05) is 37.3 Å². The van der Waals surface area contributed by atoms with Gasteiger partial charge in [-0.2, -0.15) is 0 Å². The minimum Gasteiger partial charge on any atom is -0.207 e. The zero-order valence-corrected chi connectivity index (χ0v) is 14.6. The fourth-order valence-corrected chi connectivity index (χ4v) is 5.18. The van der Waals surface area contributed by atoms with Gasteiger partial charge >= 0.3 is 0 Å². The van der Waals surface area contributed by atoms with Gasteiger partial charge in [-0.1, -0.05) is 64.6 Å². The summed E-state index contributed by atoms with van der Waals surface area (Å²) < 4.78 is 28.2. The van der Waals surface area contributed by atoms with Crippen LogP contribution in [0.1, 0.15) is 22.7 Å². The molecule has 3 rings (SSSR count). The molecule has 0 aromatic heterocycles. The van der Waals surface area contributed by atoms with Gasteiger partial charge in [0.15, 0.2) is 0 Å². The molecule has 0 fully saturated rings. The van der Waals surface area contributed by atoms with Crippen LogP contribution in [0.2, 0.25) is 0 Å². The lowest BCUT2D eigenvalue weighted by Gasteiger charge is -2.18. The second-order valence-electron chi connectivity index (χ2n) is 5.33. The first-order valence-corrected chi connectivity index (χ1v) is 9.51. The molecule has 1 aliphatic carbocycles. The first-order chi connectivity index (χ1) is 9.97. The molecule has 21 heavy (non-hydrogen) atoms. The van der Waals surface area contributed by atoms with Crippen molar-refractivity contribution in [3.05, 3.63) is 65.2 Å². The van der Waals surface area contributed by atoms with Crippen LogP contribution in [-0.2, 0) is 16.4 Å². The molecule has 1 N–H and O–H groups in total. The minimum absolute atomic E-state index is 0.159. The molecular weight excluding hydrogens is 397 g/mol. The van der Waals surface area contributed by atoms with Crippen molar-refractivity contribution in [2.45, 2.75) is 28.2 Å². The first kappa shape index (κ1) is 15.0. The number of benzene rings is 2. The molecule has 2 atom stereocenters. The van der Waals surface area contributed by atoms with Gasteiger partial charge in [0, 0.05) is 3.92 Å². The van der Waals surface area contributed by atoms with Crippen LogP contribution in [0.4, 0.5) is 0 Å². The summed E-state index contributed by atoms with van der Waals surface area (Å²) >= 11 is 2.33. The highest BCUT2D eigenvalue weighted by molar-refractivity contribution is 14.1. The first-order valence-electron chi connectivity index (χ1n) is 6.78. The summed E-state index contributed by atoms with van der Waals surface area (Å²) in [5.74, 6) is 0. The Bertz CT molecular complexity index is 756. The number of hydrogen-bond donors (Lipinski definition) is 1. The number of rotatable bonds is 3. The predicted octanol–water partition coefficient (Wildman–Crippen LogP) is 3.37. The van der Waals surface area contributed by atoms with E-state index in [-0.39, 0.29) is 9.97 Å². The van der Waals surface area contributed by atoms with Gasteiger partial charge in [-0.15, -0.1) is 0 Å². The Labute approximate surface area is 139 Å². The third kappa shape index (κ3) is 3.00. The zero-order chi connectivity index (χ0) is 15.0.